The zero-order valence-electron chi connectivity index (χ0n) is 14.6. The molecule has 0 radical (unpaired) electrons. The molecule has 0 aliphatic rings. The Morgan fingerprint density at radius 1 is 0.962 bits per heavy atom. The highest BCUT2D eigenvalue weighted by molar-refractivity contribution is 5.90. The number of esters is 1. The minimum absolute atomic E-state index is 0.278. The third-order valence-electron chi connectivity index (χ3n) is 4.34. The third-order valence-corrected chi connectivity index (χ3v) is 4.34. The maximum absolute atomic E-state index is 12.2. The number of hydrogen-bond acceptors (Lipinski definition) is 4. The molecule has 132 valence electrons. The molecule has 0 heterocycles. The van der Waals surface area contributed by atoms with E-state index >= 15 is 0 Å². The Hall–Kier alpha value is -3.11. The maximum atomic E-state index is 12.2. The molecule has 3 N–H and O–H groups in total. The number of hydrogen-bond donors (Lipinski definition) is 2. The van der Waals surface area contributed by atoms with Gasteiger partial charge in [0.05, 0.1) is 12.2 Å². The molecule has 4 nitrogen and oxygen atoms in total. The van der Waals surface area contributed by atoms with Gasteiger partial charge < -0.3 is 15.6 Å². The van der Waals surface area contributed by atoms with Crippen molar-refractivity contribution in [2.24, 2.45) is 0 Å². The van der Waals surface area contributed by atoms with E-state index in [4.69, 9.17) is 10.5 Å². The van der Waals surface area contributed by atoms with E-state index in [0.29, 0.717) is 27.9 Å². The van der Waals surface area contributed by atoms with Gasteiger partial charge in [-0.15, -0.1) is 0 Å². The normalized spacial score (nSPS) is 11.2. The first-order valence-electron chi connectivity index (χ1n) is 8.48. The van der Waals surface area contributed by atoms with Gasteiger partial charge in [0, 0.05) is 11.3 Å². The van der Waals surface area contributed by atoms with Crippen LogP contribution in [-0.4, -0.2) is 17.7 Å². The summed E-state index contributed by atoms with van der Waals surface area (Å²) in [7, 11) is 0. The van der Waals surface area contributed by atoms with Crippen molar-refractivity contribution in [1.82, 2.24) is 0 Å². The van der Waals surface area contributed by atoms with E-state index in [9.17, 15) is 9.90 Å². The van der Waals surface area contributed by atoms with Gasteiger partial charge in [0.2, 0.25) is 0 Å². The summed E-state index contributed by atoms with van der Waals surface area (Å²) in [5, 5.41) is 11.8. The summed E-state index contributed by atoms with van der Waals surface area (Å²) in [6.07, 6.45) is 0. The van der Waals surface area contributed by atoms with E-state index in [1.165, 1.54) is 0 Å². The van der Waals surface area contributed by atoms with Gasteiger partial charge in [-0.25, -0.2) is 4.79 Å². The predicted octanol–water partition coefficient (Wildman–Crippen LogP) is 3.73. The number of nitrogen functional groups attached to an aromatic ring is 1. The van der Waals surface area contributed by atoms with Crippen LogP contribution in [0.5, 0.6) is 0 Å². The topological polar surface area (TPSA) is 72.5 Å². The van der Waals surface area contributed by atoms with Crippen molar-refractivity contribution >= 4 is 11.7 Å². The number of benzene rings is 3. The molecule has 3 rings (SSSR count). The summed E-state index contributed by atoms with van der Waals surface area (Å²) in [5.74, 6) is -0.447. The summed E-state index contributed by atoms with van der Waals surface area (Å²) < 4.78 is 5.09. The highest BCUT2D eigenvalue weighted by Crippen LogP contribution is 2.39. The third kappa shape index (κ3) is 3.19. The number of rotatable bonds is 5. The van der Waals surface area contributed by atoms with E-state index in [2.05, 4.69) is 0 Å². The molecule has 3 aromatic rings. The average molecular weight is 347 g/mol. The van der Waals surface area contributed by atoms with Crippen molar-refractivity contribution in [1.29, 1.82) is 0 Å². The van der Waals surface area contributed by atoms with Crippen molar-refractivity contribution in [3.63, 3.8) is 0 Å². The molecule has 0 aromatic heterocycles. The van der Waals surface area contributed by atoms with Gasteiger partial charge in [0.25, 0.3) is 0 Å². The fourth-order valence-electron chi connectivity index (χ4n) is 3.05. The van der Waals surface area contributed by atoms with Crippen molar-refractivity contribution < 1.29 is 14.6 Å². The second-order valence-corrected chi connectivity index (χ2v) is 5.96. The van der Waals surface area contributed by atoms with Crippen LogP contribution in [0.3, 0.4) is 0 Å². The van der Waals surface area contributed by atoms with Crippen LogP contribution >= 0.6 is 0 Å². The fourth-order valence-corrected chi connectivity index (χ4v) is 3.05. The number of carbonyl (C=O) groups excluding carboxylic acids is 1. The van der Waals surface area contributed by atoms with Crippen LogP contribution in [0.25, 0.3) is 0 Å². The lowest BCUT2D eigenvalue weighted by atomic mass is 9.79. The molecule has 0 aliphatic carbocycles. The van der Waals surface area contributed by atoms with E-state index in [1.807, 2.05) is 60.7 Å². The second kappa shape index (κ2) is 7.42. The van der Waals surface area contributed by atoms with Crippen molar-refractivity contribution in [3.8, 4) is 0 Å². The summed E-state index contributed by atoms with van der Waals surface area (Å²) >= 11 is 0. The predicted molar refractivity (Wildman–Crippen MR) is 102 cm³/mol. The molecule has 0 saturated carbocycles. The standard InChI is InChI=1S/C22H21NO3/c1-2-26-21(24)16-13-14-20(23)19(15-16)22(25,17-9-5-3-6-10-17)18-11-7-4-8-12-18/h3-15,25H,2,23H2,1H3. The van der Waals surface area contributed by atoms with Gasteiger partial charge in [-0.3, -0.25) is 0 Å². The van der Waals surface area contributed by atoms with Gasteiger partial charge in [0.15, 0.2) is 0 Å². The van der Waals surface area contributed by atoms with Crippen LogP contribution in [0, 0.1) is 0 Å². The summed E-state index contributed by atoms with van der Waals surface area (Å²) in [6, 6.07) is 23.4. The molecule has 0 atom stereocenters. The first kappa shape index (κ1) is 17.7. The zero-order chi connectivity index (χ0) is 18.6. The number of ether oxygens (including phenoxy) is 1. The molecule has 0 bridgehead atoms. The molecule has 0 spiro atoms. The van der Waals surface area contributed by atoms with Gasteiger partial charge in [-0.05, 0) is 36.2 Å². The molecule has 26 heavy (non-hydrogen) atoms. The van der Waals surface area contributed by atoms with E-state index in [-0.39, 0.29) is 6.61 Å². The Balaban J connectivity index is 2.24. The van der Waals surface area contributed by atoms with E-state index < -0.39 is 11.6 Å². The average Bonchev–Trinajstić information content (AvgIpc) is 2.69. The summed E-state index contributed by atoms with van der Waals surface area (Å²) in [4.78, 5) is 12.2. The number of carbonyl (C=O) groups is 1. The molecule has 3 aromatic carbocycles. The lowest BCUT2D eigenvalue weighted by Crippen LogP contribution is -2.30. The van der Waals surface area contributed by atoms with Crippen LogP contribution in [0.1, 0.15) is 34.0 Å². The van der Waals surface area contributed by atoms with Gasteiger partial charge in [-0.1, -0.05) is 60.7 Å². The highest BCUT2D eigenvalue weighted by atomic mass is 16.5. The Morgan fingerprint density at radius 3 is 2.00 bits per heavy atom. The van der Waals surface area contributed by atoms with Crippen LogP contribution in [0.2, 0.25) is 0 Å². The molecular formula is C22H21NO3. The molecule has 0 saturated heterocycles. The first-order chi connectivity index (χ1) is 12.6. The summed E-state index contributed by atoms with van der Waals surface area (Å²) in [5.41, 5.74) is 7.24. The SMILES string of the molecule is CCOC(=O)c1ccc(N)c(C(O)(c2ccccc2)c2ccccc2)c1. The lowest BCUT2D eigenvalue weighted by molar-refractivity contribution is 0.0526. The highest BCUT2D eigenvalue weighted by Gasteiger charge is 2.36. The smallest absolute Gasteiger partial charge is 0.338 e. The monoisotopic (exact) mass is 347 g/mol. The van der Waals surface area contributed by atoms with E-state index in [0.717, 1.165) is 0 Å². The van der Waals surface area contributed by atoms with Crippen molar-refractivity contribution in [2.75, 3.05) is 12.3 Å². The van der Waals surface area contributed by atoms with Gasteiger partial charge in [0.1, 0.15) is 5.60 Å². The second-order valence-electron chi connectivity index (χ2n) is 5.96. The van der Waals surface area contributed by atoms with Crippen molar-refractivity contribution in [2.45, 2.75) is 12.5 Å². The number of nitrogens with two attached hydrogens (primary N) is 1. The zero-order valence-corrected chi connectivity index (χ0v) is 14.6. The van der Waals surface area contributed by atoms with Gasteiger partial charge >= 0.3 is 5.97 Å². The molecule has 0 fully saturated rings. The largest absolute Gasteiger partial charge is 0.462 e. The van der Waals surface area contributed by atoms with Crippen molar-refractivity contribution in [3.05, 3.63) is 101 Å². The van der Waals surface area contributed by atoms with E-state index in [1.54, 1.807) is 25.1 Å². The van der Waals surface area contributed by atoms with Crippen LogP contribution in [0.15, 0.2) is 78.9 Å². The molecule has 0 aliphatic heterocycles. The minimum atomic E-state index is -1.49. The Labute approximate surface area is 152 Å². The summed E-state index contributed by atoms with van der Waals surface area (Å²) in [6.45, 7) is 2.03. The Kier molecular flexibility index (Phi) is 5.05. The quantitative estimate of drug-likeness (QED) is 0.419. The number of aliphatic hydroxyl groups is 1. The van der Waals surface area contributed by atoms with Crippen LogP contribution in [0.4, 0.5) is 5.69 Å². The van der Waals surface area contributed by atoms with Crippen LogP contribution in [-0.2, 0) is 10.3 Å². The Bertz CT molecular complexity index is 852. The molecular weight excluding hydrogens is 326 g/mol. The lowest BCUT2D eigenvalue weighted by Gasteiger charge is -2.31. The Morgan fingerprint density at radius 2 is 1.50 bits per heavy atom. The number of anilines is 1. The van der Waals surface area contributed by atoms with Crippen LogP contribution < -0.4 is 5.73 Å². The van der Waals surface area contributed by atoms with Gasteiger partial charge in [-0.2, -0.15) is 0 Å². The molecule has 0 unspecified atom stereocenters. The first-order valence-corrected chi connectivity index (χ1v) is 8.48. The molecule has 0 amide bonds. The minimum Gasteiger partial charge on any atom is -0.462 e. The fraction of sp³-hybridized carbons (Fsp3) is 0.136. The maximum Gasteiger partial charge on any atom is 0.338 e. The molecule has 4 heteroatoms.